The maximum absolute atomic E-state index is 5.54. The standard InChI is InChI=1S/C11H12BrN3/c12-10-1-2-11(14-6-10)8-15-4-3-9(5-13)7-15/h1-4,6-7H,5,8,13H2. The number of rotatable bonds is 3. The molecule has 2 N–H and O–H groups in total. The summed E-state index contributed by atoms with van der Waals surface area (Å²) in [5, 5.41) is 0. The van der Waals surface area contributed by atoms with Gasteiger partial charge in [0.15, 0.2) is 0 Å². The monoisotopic (exact) mass is 265 g/mol. The second kappa shape index (κ2) is 4.59. The summed E-state index contributed by atoms with van der Waals surface area (Å²) >= 11 is 3.36. The molecule has 0 aliphatic rings. The predicted molar refractivity (Wildman–Crippen MR) is 63.4 cm³/mol. The molecule has 4 heteroatoms. The molecule has 15 heavy (non-hydrogen) atoms. The maximum atomic E-state index is 5.54. The fraction of sp³-hybridized carbons (Fsp3) is 0.182. The molecule has 0 atom stereocenters. The first-order valence-corrected chi connectivity index (χ1v) is 5.52. The van der Waals surface area contributed by atoms with E-state index in [4.69, 9.17) is 5.73 Å². The highest BCUT2D eigenvalue weighted by molar-refractivity contribution is 9.10. The third-order valence-electron chi connectivity index (χ3n) is 2.18. The van der Waals surface area contributed by atoms with Crippen molar-refractivity contribution in [1.29, 1.82) is 0 Å². The van der Waals surface area contributed by atoms with Crippen LogP contribution in [0.5, 0.6) is 0 Å². The van der Waals surface area contributed by atoms with Gasteiger partial charge in [0.25, 0.3) is 0 Å². The number of aromatic nitrogens is 2. The number of nitrogens with zero attached hydrogens (tertiary/aromatic N) is 2. The maximum Gasteiger partial charge on any atom is 0.0642 e. The van der Waals surface area contributed by atoms with Crippen LogP contribution in [0.25, 0.3) is 0 Å². The highest BCUT2D eigenvalue weighted by Gasteiger charge is 1.97. The van der Waals surface area contributed by atoms with Crippen molar-refractivity contribution in [2.24, 2.45) is 5.73 Å². The van der Waals surface area contributed by atoms with E-state index in [2.05, 4.69) is 25.5 Å². The summed E-state index contributed by atoms with van der Waals surface area (Å²) in [6, 6.07) is 6.03. The Hall–Kier alpha value is -1.13. The molecule has 0 unspecified atom stereocenters. The van der Waals surface area contributed by atoms with Gasteiger partial charge in [0, 0.05) is 29.6 Å². The van der Waals surface area contributed by atoms with E-state index in [9.17, 15) is 0 Å². The van der Waals surface area contributed by atoms with Crippen molar-refractivity contribution >= 4 is 15.9 Å². The Kier molecular flexibility index (Phi) is 3.18. The van der Waals surface area contributed by atoms with Gasteiger partial charge in [0.05, 0.1) is 12.2 Å². The molecule has 2 aromatic rings. The van der Waals surface area contributed by atoms with E-state index in [0.717, 1.165) is 22.3 Å². The van der Waals surface area contributed by atoms with Crippen LogP contribution in [0.15, 0.2) is 41.3 Å². The molecule has 3 nitrogen and oxygen atoms in total. The molecule has 78 valence electrons. The van der Waals surface area contributed by atoms with Crippen LogP contribution < -0.4 is 5.73 Å². The highest BCUT2D eigenvalue weighted by Crippen LogP contribution is 2.09. The van der Waals surface area contributed by atoms with Crippen molar-refractivity contribution in [2.45, 2.75) is 13.1 Å². The Bertz CT molecular complexity index is 433. The van der Waals surface area contributed by atoms with Gasteiger partial charge in [-0.2, -0.15) is 0 Å². The summed E-state index contributed by atoms with van der Waals surface area (Å²) in [6.07, 6.45) is 5.87. The van der Waals surface area contributed by atoms with Gasteiger partial charge in [-0.3, -0.25) is 4.98 Å². The van der Waals surface area contributed by atoms with Crippen LogP contribution in [0, 0.1) is 0 Å². The fourth-order valence-electron chi connectivity index (χ4n) is 1.40. The minimum absolute atomic E-state index is 0.584. The van der Waals surface area contributed by atoms with Gasteiger partial charge in [-0.05, 0) is 39.7 Å². The molecule has 0 amide bonds. The molecule has 2 rings (SSSR count). The minimum Gasteiger partial charge on any atom is -0.348 e. The van der Waals surface area contributed by atoms with E-state index in [1.54, 1.807) is 0 Å². The van der Waals surface area contributed by atoms with E-state index in [0.29, 0.717) is 6.54 Å². The van der Waals surface area contributed by atoms with Gasteiger partial charge < -0.3 is 10.3 Å². The Labute approximate surface area is 97.1 Å². The van der Waals surface area contributed by atoms with Crippen molar-refractivity contribution in [3.8, 4) is 0 Å². The number of halogens is 1. The third kappa shape index (κ3) is 2.67. The quantitative estimate of drug-likeness (QED) is 0.925. The molecule has 2 aromatic heterocycles. The zero-order chi connectivity index (χ0) is 10.7. The summed E-state index contributed by atoms with van der Waals surface area (Å²) in [6.45, 7) is 1.37. The molecule has 0 aliphatic heterocycles. The second-order valence-corrected chi connectivity index (χ2v) is 4.28. The molecule has 0 aliphatic carbocycles. The van der Waals surface area contributed by atoms with E-state index < -0.39 is 0 Å². The largest absolute Gasteiger partial charge is 0.348 e. The van der Waals surface area contributed by atoms with Crippen LogP contribution in [0.1, 0.15) is 11.3 Å². The molecule has 0 fully saturated rings. The molecule has 0 radical (unpaired) electrons. The van der Waals surface area contributed by atoms with Crippen molar-refractivity contribution in [3.05, 3.63) is 52.5 Å². The predicted octanol–water partition coefficient (Wildman–Crippen LogP) is 2.15. The van der Waals surface area contributed by atoms with Crippen LogP contribution in [0.2, 0.25) is 0 Å². The van der Waals surface area contributed by atoms with Crippen LogP contribution in [0.3, 0.4) is 0 Å². The lowest BCUT2D eigenvalue weighted by Gasteiger charge is -2.02. The van der Waals surface area contributed by atoms with Gasteiger partial charge in [-0.1, -0.05) is 0 Å². The van der Waals surface area contributed by atoms with Crippen molar-refractivity contribution in [3.63, 3.8) is 0 Å². The highest BCUT2D eigenvalue weighted by atomic mass is 79.9. The fourth-order valence-corrected chi connectivity index (χ4v) is 1.63. The van der Waals surface area contributed by atoms with Gasteiger partial charge in [0.1, 0.15) is 0 Å². The smallest absolute Gasteiger partial charge is 0.0642 e. The van der Waals surface area contributed by atoms with Crippen LogP contribution in [0.4, 0.5) is 0 Å². The van der Waals surface area contributed by atoms with Crippen LogP contribution in [-0.2, 0) is 13.1 Å². The Morgan fingerprint density at radius 1 is 1.33 bits per heavy atom. The number of hydrogen-bond acceptors (Lipinski definition) is 2. The summed E-state index contributed by atoms with van der Waals surface area (Å²) in [5.74, 6) is 0. The molecular formula is C11H12BrN3. The SMILES string of the molecule is NCc1ccn(Cc2ccc(Br)cn2)c1. The first-order valence-electron chi connectivity index (χ1n) is 4.73. The van der Waals surface area contributed by atoms with Crippen molar-refractivity contribution in [2.75, 3.05) is 0 Å². The lowest BCUT2D eigenvalue weighted by Crippen LogP contribution is -1.99. The summed E-state index contributed by atoms with van der Waals surface area (Å²) in [4.78, 5) is 4.31. The van der Waals surface area contributed by atoms with Crippen molar-refractivity contribution in [1.82, 2.24) is 9.55 Å². The minimum atomic E-state index is 0.584. The lowest BCUT2D eigenvalue weighted by molar-refractivity contribution is 0.776. The number of hydrogen-bond donors (Lipinski definition) is 1. The molecule has 0 saturated heterocycles. The summed E-state index contributed by atoms with van der Waals surface area (Å²) < 4.78 is 3.08. The number of pyridine rings is 1. The third-order valence-corrected chi connectivity index (χ3v) is 2.65. The molecule has 0 bridgehead atoms. The molecule has 0 spiro atoms. The normalized spacial score (nSPS) is 10.5. The molecular weight excluding hydrogens is 254 g/mol. The van der Waals surface area contributed by atoms with Gasteiger partial charge >= 0.3 is 0 Å². The van der Waals surface area contributed by atoms with E-state index in [1.807, 2.05) is 36.8 Å². The zero-order valence-corrected chi connectivity index (χ0v) is 9.81. The molecule has 2 heterocycles. The second-order valence-electron chi connectivity index (χ2n) is 3.36. The zero-order valence-electron chi connectivity index (χ0n) is 8.23. The summed E-state index contributed by atoms with van der Waals surface area (Å²) in [5.41, 5.74) is 7.73. The number of nitrogens with two attached hydrogens (primary N) is 1. The topological polar surface area (TPSA) is 43.8 Å². The van der Waals surface area contributed by atoms with Gasteiger partial charge in [-0.25, -0.2) is 0 Å². The van der Waals surface area contributed by atoms with E-state index in [-0.39, 0.29) is 0 Å². The van der Waals surface area contributed by atoms with Crippen LogP contribution >= 0.6 is 15.9 Å². The first-order chi connectivity index (χ1) is 7.28. The average molecular weight is 266 g/mol. The molecule has 0 aromatic carbocycles. The first kappa shape index (κ1) is 10.4. The van der Waals surface area contributed by atoms with E-state index in [1.165, 1.54) is 0 Å². The summed E-state index contributed by atoms with van der Waals surface area (Å²) in [7, 11) is 0. The Morgan fingerprint density at radius 3 is 2.80 bits per heavy atom. The Morgan fingerprint density at radius 2 is 2.20 bits per heavy atom. The van der Waals surface area contributed by atoms with Crippen molar-refractivity contribution < 1.29 is 0 Å². The lowest BCUT2D eigenvalue weighted by atomic mass is 10.3. The molecule has 0 saturated carbocycles. The average Bonchev–Trinajstić information content (AvgIpc) is 2.69. The van der Waals surface area contributed by atoms with Gasteiger partial charge in [0.2, 0.25) is 0 Å². The van der Waals surface area contributed by atoms with Crippen LogP contribution in [-0.4, -0.2) is 9.55 Å². The Balaban J connectivity index is 2.11. The van der Waals surface area contributed by atoms with E-state index >= 15 is 0 Å². The van der Waals surface area contributed by atoms with Gasteiger partial charge in [-0.15, -0.1) is 0 Å².